The van der Waals surface area contributed by atoms with Crippen LogP contribution in [0.25, 0.3) is 17.1 Å². The maximum atomic E-state index is 14.0. The molecule has 1 fully saturated rings. The highest BCUT2D eigenvalue weighted by atomic mass is 16.4. The van der Waals surface area contributed by atoms with Crippen LogP contribution in [0.1, 0.15) is 23.3 Å². The molecule has 0 aliphatic heterocycles. The molecule has 1 aromatic carbocycles. The van der Waals surface area contributed by atoms with Gasteiger partial charge in [0.25, 0.3) is 5.91 Å². The third-order valence-corrected chi connectivity index (χ3v) is 8.18. The molecule has 3 aliphatic carbocycles. The van der Waals surface area contributed by atoms with Crippen LogP contribution < -0.4 is 10.6 Å². The summed E-state index contributed by atoms with van der Waals surface area (Å²) in [6.07, 6.45) is 0.228. The fourth-order valence-electron chi connectivity index (χ4n) is 6.46. The molecule has 0 radical (unpaired) electrons. The lowest BCUT2D eigenvalue weighted by Gasteiger charge is -2.50. The monoisotopic (exact) mass is 537 g/mol. The SMILES string of the molecule is Cc1ccc(-c2cc(N(C)C)c3c(c2O)C(O)=C2C(=O)C4(O)C(O)=C(C(N)=O)C(=O)C(N(C)C)C4CC2C3)o1. The minimum atomic E-state index is -2.68. The summed E-state index contributed by atoms with van der Waals surface area (Å²) in [5.74, 6) is -5.88. The highest BCUT2D eigenvalue weighted by Crippen LogP contribution is 2.55. The number of nitrogens with zero attached hydrogens (tertiary/aromatic N) is 2. The highest BCUT2D eigenvalue weighted by molar-refractivity contribution is 6.24. The quantitative estimate of drug-likeness (QED) is 0.360. The van der Waals surface area contributed by atoms with Crippen molar-refractivity contribution in [3.8, 4) is 17.1 Å². The van der Waals surface area contributed by atoms with Gasteiger partial charge in [-0.15, -0.1) is 0 Å². The van der Waals surface area contributed by atoms with Gasteiger partial charge in [0.2, 0.25) is 5.78 Å². The normalized spacial score (nSPS) is 26.5. The Morgan fingerprint density at radius 3 is 2.33 bits per heavy atom. The molecular weight excluding hydrogens is 506 g/mol. The topological polar surface area (TPSA) is 178 Å². The first-order valence-electron chi connectivity index (χ1n) is 12.5. The molecule has 5 rings (SSSR count). The van der Waals surface area contributed by atoms with Gasteiger partial charge in [-0.05, 0) is 63.5 Å². The summed E-state index contributed by atoms with van der Waals surface area (Å²) in [5.41, 5.74) is 3.21. The highest BCUT2D eigenvalue weighted by Gasteiger charge is 2.64. The largest absolute Gasteiger partial charge is 0.508 e. The van der Waals surface area contributed by atoms with E-state index < -0.39 is 58.0 Å². The van der Waals surface area contributed by atoms with E-state index in [1.165, 1.54) is 4.90 Å². The third-order valence-electron chi connectivity index (χ3n) is 8.18. The number of likely N-dealkylation sites (N-methyl/N-ethyl adjacent to an activating group) is 1. The Bertz CT molecular complexity index is 1510. The number of aryl methyl sites for hydroxylation is 1. The molecule has 1 aromatic heterocycles. The van der Waals surface area contributed by atoms with Crippen LogP contribution in [0.3, 0.4) is 0 Å². The number of nitrogens with two attached hydrogens (primary N) is 1. The van der Waals surface area contributed by atoms with Crippen molar-refractivity contribution < 1.29 is 39.2 Å². The van der Waals surface area contributed by atoms with Crippen LogP contribution in [0.15, 0.2) is 39.5 Å². The smallest absolute Gasteiger partial charge is 0.255 e. The lowest BCUT2D eigenvalue weighted by molar-refractivity contribution is -0.153. The third kappa shape index (κ3) is 3.53. The van der Waals surface area contributed by atoms with Crippen LogP contribution in [0, 0.1) is 18.8 Å². The average Bonchev–Trinajstić information content (AvgIpc) is 3.26. The first kappa shape index (κ1) is 26.5. The van der Waals surface area contributed by atoms with Crippen molar-refractivity contribution >= 4 is 28.9 Å². The number of carbonyl (C=O) groups excluding carboxylic acids is 3. The van der Waals surface area contributed by atoms with E-state index in [-0.39, 0.29) is 29.7 Å². The van der Waals surface area contributed by atoms with Crippen molar-refractivity contribution in [1.82, 2.24) is 4.90 Å². The maximum Gasteiger partial charge on any atom is 0.255 e. The number of anilines is 1. The van der Waals surface area contributed by atoms with Gasteiger partial charge in [0.15, 0.2) is 11.4 Å². The Morgan fingerprint density at radius 2 is 1.79 bits per heavy atom. The predicted molar refractivity (Wildman–Crippen MR) is 141 cm³/mol. The van der Waals surface area contributed by atoms with Crippen LogP contribution >= 0.6 is 0 Å². The zero-order chi connectivity index (χ0) is 28.7. The molecule has 1 heterocycles. The number of aliphatic hydroxyl groups excluding tert-OH is 2. The van der Waals surface area contributed by atoms with E-state index in [2.05, 4.69) is 0 Å². The molecule has 3 aliphatic rings. The summed E-state index contributed by atoms with van der Waals surface area (Å²) in [5, 5.41) is 45.6. The van der Waals surface area contributed by atoms with Crippen molar-refractivity contribution in [3.05, 3.63) is 52.0 Å². The molecule has 1 amide bonds. The Labute approximate surface area is 224 Å². The molecule has 11 heteroatoms. The predicted octanol–water partition coefficient (Wildman–Crippen LogP) is 1.60. The van der Waals surface area contributed by atoms with E-state index >= 15 is 0 Å². The van der Waals surface area contributed by atoms with E-state index in [9.17, 15) is 34.8 Å². The number of primary amides is 1. The van der Waals surface area contributed by atoms with Crippen molar-refractivity contribution in [3.63, 3.8) is 0 Å². The van der Waals surface area contributed by atoms with Crippen LogP contribution in [0.4, 0.5) is 5.69 Å². The van der Waals surface area contributed by atoms with Gasteiger partial charge in [-0.25, -0.2) is 0 Å². The number of phenols is 1. The van der Waals surface area contributed by atoms with Crippen molar-refractivity contribution in [2.75, 3.05) is 33.1 Å². The molecule has 6 N–H and O–H groups in total. The summed E-state index contributed by atoms with van der Waals surface area (Å²) in [6, 6.07) is 4.02. The maximum absolute atomic E-state index is 14.0. The van der Waals surface area contributed by atoms with Crippen LogP contribution in [0.5, 0.6) is 5.75 Å². The number of hydrogen-bond donors (Lipinski definition) is 5. The van der Waals surface area contributed by atoms with E-state index in [4.69, 9.17) is 10.2 Å². The number of aliphatic hydroxyl groups is 3. The number of phenolic OH excluding ortho intramolecular Hbond substituents is 1. The Morgan fingerprint density at radius 1 is 1.13 bits per heavy atom. The molecule has 11 nitrogen and oxygen atoms in total. The van der Waals surface area contributed by atoms with Gasteiger partial charge >= 0.3 is 0 Å². The Kier molecular flexibility index (Phi) is 5.93. The Hall–Kier alpha value is -4.09. The number of ketones is 2. The summed E-state index contributed by atoms with van der Waals surface area (Å²) in [7, 11) is 6.74. The molecule has 206 valence electrons. The summed E-state index contributed by atoms with van der Waals surface area (Å²) < 4.78 is 5.72. The number of benzene rings is 1. The fraction of sp³-hybridized carbons (Fsp3) is 0.393. The van der Waals surface area contributed by atoms with Gasteiger partial charge in [0.05, 0.1) is 17.2 Å². The van der Waals surface area contributed by atoms with E-state index in [1.54, 1.807) is 53.3 Å². The second kappa shape index (κ2) is 8.72. The summed E-state index contributed by atoms with van der Waals surface area (Å²) >= 11 is 0. The van der Waals surface area contributed by atoms with Crippen molar-refractivity contribution in [1.29, 1.82) is 0 Å². The average molecular weight is 538 g/mol. The first-order chi connectivity index (χ1) is 18.2. The van der Waals surface area contributed by atoms with Crippen molar-refractivity contribution in [2.24, 2.45) is 17.6 Å². The number of Topliss-reactive ketones (excluding diaryl/α,β-unsaturated/α-hetero) is 2. The van der Waals surface area contributed by atoms with Gasteiger partial charge in [0.1, 0.15) is 34.4 Å². The summed E-state index contributed by atoms with van der Waals surface area (Å²) in [6.45, 7) is 1.75. The number of fused-ring (bicyclic) bond motifs is 3. The lowest BCUT2D eigenvalue weighted by Crippen LogP contribution is -2.65. The molecular formula is C28H31N3O8. The molecule has 0 spiro atoms. The molecule has 39 heavy (non-hydrogen) atoms. The molecule has 2 aromatic rings. The minimum Gasteiger partial charge on any atom is -0.508 e. The van der Waals surface area contributed by atoms with Crippen LogP contribution in [-0.2, 0) is 20.8 Å². The second-order valence-electron chi connectivity index (χ2n) is 10.9. The fourth-order valence-corrected chi connectivity index (χ4v) is 6.46. The zero-order valence-electron chi connectivity index (χ0n) is 22.3. The zero-order valence-corrected chi connectivity index (χ0v) is 22.3. The minimum absolute atomic E-state index is 0.0153. The van der Waals surface area contributed by atoms with Gasteiger partial charge in [0, 0.05) is 31.3 Å². The standard InChI is InChI=1S/C28H31N3O8/c1-11-6-7-17(39-11)14-10-16(30(2)3)13-8-12-9-15-21(31(4)5)24(34)20(27(29)37)26(36)28(15,38)25(35)18(12)23(33)19(13)22(14)32/h6-7,10,12,15,21,32-33,36,38H,8-9H2,1-5H3,(H2,29,37). The number of hydrogen-bond acceptors (Lipinski definition) is 10. The molecule has 4 atom stereocenters. The van der Waals surface area contributed by atoms with E-state index in [0.29, 0.717) is 28.3 Å². The summed E-state index contributed by atoms with van der Waals surface area (Å²) in [4.78, 5) is 42.7. The molecule has 0 saturated heterocycles. The number of furan rings is 1. The van der Waals surface area contributed by atoms with Gasteiger partial charge in [-0.1, -0.05) is 0 Å². The van der Waals surface area contributed by atoms with E-state index in [1.807, 2.05) is 4.90 Å². The van der Waals surface area contributed by atoms with Crippen LogP contribution in [0.2, 0.25) is 0 Å². The second-order valence-corrected chi connectivity index (χ2v) is 10.9. The number of aromatic hydroxyl groups is 1. The molecule has 4 unspecified atom stereocenters. The lowest BCUT2D eigenvalue weighted by atomic mass is 9.57. The number of amides is 1. The number of carbonyl (C=O) groups is 3. The molecule has 1 saturated carbocycles. The van der Waals surface area contributed by atoms with Gasteiger partial charge < -0.3 is 35.5 Å². The van der Waals surface area contributed by atoms with E-state index in [0.717, 1.165) is 0 Å². The Balaban J connectivity index is 1.78. The van der Waals surface area contributed by atoms with Gasteiger partial charge in [-0.3, -0.25) is 19.3 Å². The first-order valence-corrected chi connectivity index (χ1v) is 12.5. The number of rotatable bonds is 4. The van der Waals surface area contributed by atoms with Gasteiger partial charge in [-0.2, -0.15) is 0 Å². The van der Waals surface area contributed by atoms with Crippen LogP contribution in [-0.4, -0.2) is 82.6 Å². The molecule has 0 bridgehead atoms. The van der Waals surface area contributed by atoms with Crippen molar-refractivity contribution in [2.45, 2.75) is 31.4 Å².